The van der Waals surface area contributed by atoms with E-state index < -0.39 is 4.92 Å². The highest BCUT2D eigenvalue weighted by Crippen LogP contribution is 2.24. The van der Waals surface area contributed by atoms with Crippen molar-refractivity contribution in [2.24, 2.45) is 5.10 Å². The Hall–Kier alpha value is -3.24. The van der Waals surface area contributed by atoms with Crippen molar-refractivity contribution in [2.75, 3.05) is 5.75 Å². The smallest absolute Gasteiger partial charge is 0.270 e. The Labute approximate surface area is 181 Å². The van der Waals surface area contributed by atoms with E-state index in [2.05, 4.69) is 20.7 Å². The number of hydrogen-bond donors (Lipinski definition) is 1. The van der Waals surface area contributed by atoms with Crippen LogP contribution in [0, 0.1) is 10.1 Å². The quantitative estimate of drug-likeness (QED) is 0.245. The van der Waals surface area contributed by atoms with Crippen molar-refractivity contribution < 1.29 is 9.72 Å². The monoisotopic (exact) mass is 444 g/mol. The first-order valence-corrected chi connectivity index (χ1v) is 10.2. The fraction of sp³-hybridized carbons (Fsp3) is 0.158. The van der Waals surface area contributed by atoms with Gasteiger partial charge in [-0.2, -0.15) is 5.10 Å². The van der Waals surface area contributed by atoms with Crippen LogP contribution in [-0.4, -0.2) is 37.6 Å². The number of nitrogens with one attached hydrogen (secondary N) is 1. The molecule has 0 saturated heterocycles. The average molecular weight is 445 g/mol. The number of nitrogens with zero attached hydrogens (tertiary/aromatic N) is 5. The lowest BCUT2D eigenvalue weighted by molar-refractivity contribution is -0.384. The van der Waals surface area contributed by atoms with Gasteiger partial charge in [-0.15, -0.1) is 10.2 Å². The highest BCUT2D eigenvalue weighted by Gasteiger charge is 2.14. The summed E-state index contributed by atoms with van der Waals surface area (Å²) in [5.41, 5.74) is 3.54. The van der Waals surface area contributed by atoms with E-state index in [0.29, 0.717) is 17.3 Å². The van der Waals surface area contributed by atoms with Gasteiger partial charge in [-0.3, -0.25) is 14.9 Å². The molecule has 1 amide bonds. The summed E-state index contributed by atoms with van der Waals surface area (Å²) in [7, 11) is 0. The normalized spacial score (nSPS) is 11.0. The van der Waals surface area contributed by atoms with E-state index in [-0.39, 0.29) is 22.4 Å². The lowest BCUT2D eigenvalue weighted by Crippen LogP contribution is -2.20. The van der Waals surface area contributed by atoms with Crippen LogP contribution >= 0.6 is 23.4 Å². The minimum absolute atomic E-state index is 0.0763. The lowest BCUT2D eigenvalue weighted by atomic mass is 10.2. The summed E-state index contributed by atoms with van der Waals surface area (Å²) in [6.07, 6.45) is 1.26. The molecule has 0 spiro atoms. The summed E-state index contributed by atoms with van der Waals surface area (Å²) in [6, 6.07) is 13.7. The maximum atomic E-state index is 12.1. The molecule has 11 heteroatoms. The first kappa shape index (κ1) is 21.5. The molecule has 0 saturated carbocycles. The van der Waals surface area contributed by atoms with E-state index in [1.165, 1.54) is 36.2 Å². The first-order valence-electron chi connectivity index (χ1n) is 8.87. The molecule has 0 aliphatic rings. The molecule has 2 aromatic carbocycles. The molecule has 0 atom stereocenters. The van der Waals surface area contributed by atoms with Crippen LogP contribution in [-0.2, 0) is 11.3 Å². The molecule has 30 heavy (non-hydrogen) atoms. The molecular weight excluding hydrogens is 428 g/mol. The van der Waals surface area contributed by atoms with Crippen molar-refractivity contribution in [3.63, 3.8) is 0 Å². The van der Waals surface area contributed by atoms with E-state index in [4.69, 9.17) is 11.6 Å². The maximum Gasteiger partial charge on any atom is 0.270 e. The Kier molecular flexibility index (Phi) is 7.15. The molecular formula is C19H17ClN6O3S. The van der Waals surface area contributed by atoms with E-state index in [1.54, 1.807) is 0 Å². The van der Waals surface area contributed by atoms with Gasteiger partial charge < -0.3 is 4.57 Å². The number of halogens is 1. The Morgan fingerprint density at radius 1 is 1.30 bits per heavy atom. The van der Waals surface area contributed by atoms with E-state index in [0.717, 1.165) is 11.4 Å². The number of rotatable bonds is 8. The molecule has 0 unspecified atom stereocenters. The fourth-order valence-corrected chi connectivity index (χ4v) is 3.52. The van der Waals surface area contributed by atoms with Crippen LogP contribution < -0.4 is 5.43 Å². The fourth-order valence-electron chi connectivity index (χ4n) is 2.56. The summed E-state index contributed by atoms with van der Waals surface area (Å²) in [6.45, 7) is 2.64. The van der Waals surface area contributed by atoms with Crippen LogP contribution in [0.2, 0.25) is 5.02 Å². The SMILES string of the molecule is CCn1c(SCC(=O)N/N=C\c2cc([N+](=O)[O-])ccc2Cl)nnc1-c1ccccc1. The van der Waals surface area contributed by atoms with Gasteiger partial charge in [-0.25, -0.2) is 5.43 Å². The van der Waals surface area contributed by atoms with E-state index in [1.807, 2.05) is 41.8 Å². The predicted octanol–water partition coefficient (Wildman–Crippen LogP) is 3.77. The Balaban J connectivity index is 1.60. The van der Waals surface area contributed by atoms with Gasteiger partial charge >= 0.3 is 0 Å². The van der Waals surface area contributed by atoms with Gasteiger partial charge in [0.25, 0.3) is 11.6 Å². The van der Waals surface area contributed by atoms with Crippen LogP contribution in [0.3, 0.4) is 0 Å². The van der Waals surface area contributed by atoms with E-state index in [9.17, 15) is 14.9 Å². The molecule has 3 rings (SSSR count). The predicted molar refractivity (Wildman–Crippen MR) is 116 cm³/mol. The van der Waals surface area contributed by atoms with Gasteiger partial charge in [0.2, 0.25) is 0 Å². The van der Waals surface area contributed by atoms with Gasteiger partial charge in [-0.1, -0.05) is 53.7 Å². The zero-order valence-electron chi connectivity index (χ0n) is 15.9. The third kappa shape index (κ3) is 5.22. The number of benzene rings is 2. The lowest BCUT2D eigenvalue weighted by Gasteiger charge is -2.06. The van der Waals surface area contributed by atoms with Crippen LogP contribution in [0.5, 0.6) is 0 Å². The number of aromatic nitrogens is 3. The topological polar surface area (TPSA) is 115 Å². The third-order valence-electron chi connectivity index (χ3n) is 3.98. The second-order valence-corrected chi connectivity index (χ2v) is 7.31. The molecule has 1 aromatic heterocycles. The van der Waals surface area contributed by atoms with Gasteiger partial charge in [0, 0.05) is 34.8 Å². The van der Waals surface area contributed by atoms with Crippen molar-refractivity contribution in [2.45, 2.75) is 18.6 Å². The highest BCUT2D eigenvalue weighted by molar-refractivity contribution is 7.99. The molecule has 0 aliphatic carbocycles. The number of carbonyl (C=O) groups is 1. The zero-order valence-corrected chi connectivity index (χ0v) is 17.4. The third-order valence-corrected chi connectivity index (χ3v) is 5.29. The number of carbonyl (C=O) groups excluding carboxylic acids is 1. The van der Waals surface area contributed by atoms with E-state index >= 15 is 0 Å². The summed E-state index contributed by atoms with van der Waals surface area (Å²) in [5, 5.41) is 24.0. The number of hydrogen-bond acceptors (Lipinski definition) is 7. The largest absolute Gasteiger partial charge is 0.302 e. The number of nitro benzene ring substituents is 1. The Morgan fingerprint density at radius 3 is 2.77 bits per heavy atom. The Morgan fingerprint density at radius 2 is 2.07 bits per heavy atom. The molecule has 1 N–H and O–H groups in total. The van der Waals surface area contributed by atoms with Gasteiger partial charge in [0.1, 0.15) is 0 Å². The molecule has 3 aromatic rings. The molecule has 0 bridgehead atoms. The number of hydrazone groups is 1. The van der Waals surface area contributed by atoms with Gasteiger partial charge in [-0.05, 0) is 13.0 Å². The van der Waals surface area contributed by atoms with Crippen LogP contribution in [0.4, 0.5) is 5.69 Å². The van der Waals surface area contributed by atoms with Gasteiger partial charge in [0.15, 0.2) is 11.0 Å². The highest BCUT2D eigenvalue weighted by atomic mass is 35.5. The van der Waals surface area contributed by atoms with Gasteiger partial charge in [0.05, 0.1) is 16.9 Å². The minimum Gasteiger partial charge on any atom is -0.302 e. The second kappa shape index (κ2) is 9.99. The molecule has 0 aliphatic heterocycles. The average Bonchev–Trinajstić information content (AvgIpc) is 3.17. The van der Waals surface area contributed by atoms with Crippen molar-refractivity contribution in [1.29, 1.82) is 0 Å². The summed E-state index contributed by atoms with van der Waals surface area (Å²) < 4.78 is 1.93. The molecule has 9 nitrogen and oxygen atoms in total. The van der Waals surface area contributed by atoms with Crippen LogP contribution in [0.15, 0.2) is 58.8 Å². The Bertz CT molecular complexity index is 1090. The standard InChI is InChI=1S/C19H17ClN6O3S/c1-2-25-18(13-6-4-3-5-7-13)23-24-19(25)30-12-17(27)22-21-11-14-10-15(26(28)29)8-9-16(14)20/h3-11H,2,12H2,1H3,(H,22,27)/b21-11-. The van der Waals surface area contributed by atoms with Crippen molar-refractivity contribution >= 4 is 41.2 Å². The van der Waals surface area contributed by atoms with Crippen LogP contribution in [0.1, 0.15) is 12.5 Å². The summed E-state index contributed by atoms with van der Waals surface area (Å²) in [4.78, 5) is 22.4. The van der Waals surface area contributed by atoms with Crippen LogP contribution in [0.25, 0.3) is 11.4 Å². The molecule has 0 radical (unpaired) electrons. The number of thioether (sulfide) groups is 1. The molecule has 0 fully saturated rings. The zero-order chi connectivity index (χ0) is 21.5. The summed E-state index contributed by atoms with van der Waals surface area (Å²) in [5.74, 6) is 0.455. The number of amides is 1. The number of nitro groups is 1. The second-order valence-electron chi connectivity index (χ2n) is 5.96. The summed E-state index contributed by atoms with van der Waals surface area (Å²) >= 11 is 7.23. The molecule has 154 valence electrons. The maximum absolute atomic E-state index is 12.1. The van der Waals surface area contributed by atoms with Crippen molar-refractivity contribution in [3.05, 3.63) is 69.2 Å². The minimum atomic E-state index is -0.531. The van der Waals surface area contributed by atoms with Crippen molar-refractivity contribution in [1.82, 2.24) is 20.2 Å². The van der Waals surface area contributed by atoms with Crippen molar-refractivity contribution in [3.8, 4) is 11.4 Å². The first-order chi connectivity index (χ1) is 14.5. The number of non-ortho nitro benzene ring substituents is 1. The molecule has 1 heterocycles.